The largest absolute Gasteiger partial charge is 0.396 e. The summed E-state index contributed by atoms with van der Waals surface area (Å²) in [5.41, 5.74) is 8.66. The summed E-state index contributed by atoms with van der Waals surface area (Å²) < 4.78 is 1.03. The summed E-state index contributed by atoms with van der Waals surface area (Å²) in [4.78, 5) is 6.65. The molecule has 5 heteroatoms. The van der Waals surface area contributed by atoms with Crippen LogP contribution in [0, 0.1) is 0 Å². The minimum Gasteiger partial charge on any atom is -0.396 e. The minimum atomic E-state index is 0.539. The van der Waals surface area contributed by atoms with Crippen molar-refractivity contribution < 1.29 is 0 Å². The fourth-order valence-corrected chi connectivity index (χ4v) is 2.35. The molecular weight excluding hydrogens is 316 g/mol. The first-order valence-electron chi connectivity index (χ1n) is 6.77. The number of nitrogen functional groups attached to an aromatic ring is 1. The van der Waals surface area contributed by atoms with Crippen LogP contribution in [-0.4, -0.2) is 36.1 Å². The number of aromatic nitrogens is 1. The molecule has 0 fully saturated rings. The van der Waals surface area contributed by atoms with E-state index in [1.165, 1.54) is 0 Å². The standard InChI is InChI=1S/C15H21BrN4/c1-10(2)20(3)7-6-18-15-12-8-11(16)4-5-14(12)19-9-13(15)17/h4-5,8-10H,6-7,17H2,1-3H3,(H,18,19). The van der Waals surface area contributed by atoms with Crippen LogP contribution in [0.4, 0.5) is 11.4 Å². The molecule has 0 bridgehead atoms. The lowest BCUT2D eigenvalue weighted by atomic mass is 10.1. The number of likely N-dealkylation sites (N-methyl/N-ethyl adjacent to an activating group) is 1. The van der Waals surface area contributed by atoms with Crippen LogP contribution in [0.1, 0.15) is 13.8 Å². The van der Waals surface area contributed by atoms with Gasteiger partial charge in [0, 0.05) is 29.0 Å². The lowest BCUT2D eigenvalue weighted by molar-refractivity contribution is 0.284. The van der Waals surface area contributed by atoms with E-state index in [0.29, 0.717) is 11.7 Å². The molecule has 0 saturated carbocycles. The third-order valence-electron chi connectivity index (χ3n) is 3.51. The fourth-order valence-electron chi connectivity index (χ4n) is 1.99. The van der Waals surface area contributed by atoms with E-state index in [2.05, 4.69) is 52.0 Å². The van der Waals surface area contributed by atoms with Crippen LogP contribution in [-0.2, 0) is 0 Å². The summed E-state index contributed by atoms with van der Waals surface area (Å²) in [5.74, 6) is 0. The summed E-state index contributed by atoms with van der Waals surface area (Å²) in [7, 11) is 2.12. The van der Waals surface area contributed by atoms with Gasteiger partial charge in [0.15, 0.2) is 0 Å². The Bertz CT molecular complexity index is 592. The first-order chi connectivity index (χ1) is 9.49. The summed E-state index contributed by atoms with van der Waals surface area (Å²) >= 11 is 3.50. The number of halogens is 1. The third-order valence-corrected chi connectivity index (χ3v) is 4.00. The molecule has 108 valence electrons. The van der Waals surface area contributed by atoms with Crippen molar-refractivity contribution in [3.8, 4) is 0 Å². The van der Waals surface area contributed by atoms with Gasteiger partial charge in [-0.1, -0.05) is 15.9 Å². The van der Waals surface area contributed by atoms with Crippen molar-refractivity contribution in [1.29, 1.82) is 0 Å². The molecule has 0 aliphatic rings. The molecule has 0 amide bonds. The van der Waals surface area contributed by atoms with Crippen molar-refractivity contribution in [3.05, 3.63) is 28.9 Å². The van der Waals surface area contributed by atoms with E-state index in [-0.39, 0.29) is 0 Å². The third kappa shape index (κ3) is 3.41. The van der Waals surface area contributed by atoms with Crippen LogP contribution >= 0.6 is 15.9 Å². The molecule has 3 N–H and O–H groups in total. The Morgan fingerprint density at radius 3 is 2.85 bits per heavy atom. The smallest absolute Gasteiger partial charge is 0.0743 e. The van der Waals surface area contributed by atoms with Crippen molar-refractivity contribution in [2.24, 2.45) is 0 Å². The van der Waals surface area contributed by atoms with Gasteiger partial charge in [0.1, 0.15) is 0 Å². The first kappa shape index (κ1) is 15.1. The highest BCUT2D eigenvalue weighted by atomic mass is 79.9. The van der Waals surface area contributed by atoms with Gasteiger partial charge >= 0.3 is 0 Å². The van der Waals surface area contributed by atoms with Crippen LogP contribution in [0.5, 0.6) is 0 Å². The zero-order valence-corrected chi connectivity index (χ0v) is 13.7. The quantitative estimate of drug-likeness (QED) is 0.879. The monoisotopic (exact) mass is 336 g/mol. The number of anilines is 2. The van der Waals surface area contributed by atoms with Gasteiger partial charge in [-0.25, -0.2) is 0 Å². The maximum Gasteiger partial charge on any atom is 0.0743 e. The summed E-state index contributed by atoms with van der Waals surface area (Å²) in [6, 6.07) is 6.57. The van der Waals surface area contributed by atoms with E-state index in [9.17, 15) is 0 Å². The van der Waals surface area contributed by atoms with Gasteiger partial charge in [0.2, 0.25) is 0 Å². The molecule has 0 spiro atoms. The van der Waals surface area contributed by atoms with Crippen molar-refractivity contribution in [2.45, 2.75) is 19.9 Å². The molecule has 0 radical (unpaired) electrons. The summed E-state index contributed by atoms with van der Waals surface area (Å²) in [5, 5.41) is 4.49. The predicted molar refractivity (Wildman–Crippen MR) is 90.1 cm³/mol. The Hall–Kier alpha value is -1.33. The molecule has 2 aromatic rings. The van der Waals surface area contributed by atoms with Crippen LogP contribution in [0.2, 0.25) is 0 Å². The zero-order valence-electron chi connectivity index (χ0n) is 12.2. The predicted octanol–water partition coefficient (Wildman–Crippen LogP) is 3.33. The van der Waals surface area contributed by atoms with E-state index < -0.39 is 0 Å². The van der Waals surface area contributed by atoms with Gasteiger partial charge < -0.3 is 16.0 Å². The van der Waals surface area contributed by atoms with Crippen LogP contribution in [0.15, 0.2) is 28.9 Å². The van der Waals surface area contributed by atoms with Gasteiger partial charge in [0.25, 0.3) is 0 Å². The van der Waals surface area contributed by atoms with Gasteiger partial charge in [-0.15, -0.1) is 0 Å². The molecule has 0 aliphatic carbocycles. The number of rotatable bonds is 5. The van der Waals surface area contributed by atoms with Crippen LogP contribution in [0.25, 0.3) is 10.9 Å². The lowest BCUT2D eigenvalue weighted by Crippen LogP contribution is -2.31. The van der Waals surface area contributed by atoms with Crippen LogP contribution in [0.3, 0.4) is 0 Å². The number of hydrogen-bond acceptors (Lipinski definition) is 4. The topological polar surface area (TPSA) is 54.2 Å². The average Bonchev–Trinajstić information content (AvgIpc) is 2.41. The second-order valence-corrected chi connectivity index (χ2v) is 6.17. The molecular formula is C15H21BrN4. The second kappa shape index (κ2) is 6.41. The molecule has 0 aliphatic heterocycles. The highest BCUT2D eigenvalue weighted by molar-refractivity contribution is 9.10. The number of benzene rings is 1. The molecule has 1 heterocycles. The highest BCUT2D eigenvalue weighted by Crippen LogP contribution is 2.29. The fraction of sp³-hybridized carbons (Fsp3) is 0.400. The molecule has 1 aromatic carbocycles. The molecule has 4 nitrogen and oxygen atoms in total. The van der Waals surface area contributed by atoms with Crippen molar-refractivity contribution >= 4 is 38.2 Å². The molecule has 2 rings (SSSR count). The van der Waals surface area contributed by atoms with E-state index in [1.54, 1.807) is 6.20 Å². The van der Waals surface area contributed by atoms with E-state index in [4.69, 9.17) is 5.73 Å². The number of nitrogens with two attached hydrogens (primary N) is 1. The summed E-state index contributed by atoms with van der Waals surface area (Å²) in [6.07, 6.45) is 1.71. The van der Waals surface area contributed by atoms with Crippen molar-refractivity contribution in [2.75, 3.05) is 31.2 Å². The molecule has 0 saturated heterocycles. The molecule has 0 atom stereocenters. The normalized spacial score (nSPS) is 11.5. The van der Waals surface area contributed by atoms with Gasteiger partial charge in [0.05, 0.1) is 23.1 Å². The Morgan fingerprint density at radius 1 is 1.40 bits per heavy atom. The number of nitrogens with one attached hydrogen (secondary N) is 1. The maximum atomic E-state index is 6.06. The average molecular weight is 337 g/mol. The lowest BCUT2D eigenvalue weighted by Gasteiger charge is -2.22. The zero-order chi connectivity index (χ0) is 14.7. The maximum absolute atomic E-state index is 6.06. The van der Waals surface area contributed by atoms with Crippen LogP contribution < -0.4 is 11.1 Å². The number of fused-ring (bicyclic) bond motifs is 1. The van der Waals surface area contributed by atoms with Gasteiger partial charge in [-0.2, -0.15) is 0 Å². The highest BCUT2D eigenvalue weighted by Gasteiger charge is 2.08. The summed E-state index contributed by atoms with van der Waals surface area (Å²) in [6.45, 7) is 6.19. The minimum absolute atomic E-state index is 0.539. The second-order valence-electron chi connectivity index (χ2n) is 5.25. The number of pyridine rings is 1. The van der Waals surface area contributed by atoms with E-state index in [0.717, 1.165) is 34.2 Å². The Kier molecular flexibility index (Phi) is 4.83. The first-order valence-corrected chi connectivity index (χ1v) is 7.56. The number of hydrogen-bond donors (Lipinski definition) is 2. The molecule has 1 aromatic heterocycles. The van der Waals surface area contributed by atoms with E-state index >= 15 is 0 Å². The Morgan fingerprint density at radius 2 is 2.15 bits per heavy atom. The van der Waals surface area contributed by atoms with E-state index in [1.807, 2.05) is 18.2 Å². The molecule has 0 unspecified atom stereocenters. The SMILES string of the molecule is CC(C)N(C)CCNc1c(N)cnc2ccc(Br)cc12. The Balaban J connectivity index is 2.20. The van der Waals surface area contributed by atoms with Crippen molar-refractivity contribution in [3.63, 3.8) is 0 Å². The molecule has 20 heavy (non-hydrogen) atoms. The Labute approximate surface area is 128 Å². The van der Waals surface area contributed by atoms with Gasteiger partial charge in [-0.3, -0.25) is 4.98 Å². The van der Waals surface area contributed by atoms with Gasteiger partial charge in [-0.05, 0) is 39.1 Å². The van der Waals surface area contributed by atoms with Crippen molar-refractivity contribution in [1.82, 2.24) is 9.88 Å². The number of nitrogens with zero attached hydrogens (tertiary/aromatic N) is 2.